The molecule has 6 nitrogen and oxygen atoms in total. The van der Waals surface area contributed by atoms with Crippen LogP contribution >= 0.6 is 49.6 Å². The summed E-state index contributed by atoms with van der Waals surface area (Å²) in [7, 11) is 0. The molecule has 2 atom stereocenters. The Morgan fingerprint density at radius 1 is 0.833 bits per heavy atom. The third-order valence-corrected chi connectivity index (χ3v) is 1.84. The standard InChI is InChI=1S/C8H18N6.4ClH/c1-3-5(7(9)10)13-14-6(4-2)8(11)12;;;;/h5-6H,3-4H2,1-2H3,(H3,9,10)(H3,11,12);4*1H. The van der Waals surface area contributed by atoms with E-state index in [2.05, 4.69) is 10.2 Å². The van der Waals surface area contributed by atoms with E-state index in [-0.39, 0.29) is 73.4 Å². The lowest BCUT2D eigenvalue weighted by Gasteiger charge is -2.09. The molecule has 0 heterocycles. The van der Waals surface area contributed by atoms with Crippen molar-refractivity contribution >= 4 is 61.3 Å². The maximum absolute atomic E-state index is 7.20. The third kappa shape index (κ3) is 12.2. The van der Waals surface area contributed by atoms with Crippen molar-refractivity contribution in [3.63, 3.8) is 0 Å². The first kappa shape index (κ1) is 30.6. The first-order valence-electron chi connectivity index (χ1n) is 4.60. The molecule has 0 aliphatic carbocycles. The molecule has 0 spiro atoms. The van der Waals surface area contributed by atoms with Crippen LogP contribution in [0.25, 0.3) is 0 Å². The summed E-state index contributed by atoms with van der Waals surface area (Å²) in [5.74, 6) is -0.00990. The number of azo groups is 1. The molecule has 6 N–H and O–H groups in total. The minimum atomic E-state index is -0.386. The first-order valence-corrected chi connectivity index (χ1v) is 4.60. The number of nitrogens with zero attached hydrogens (tertiary/aromatic N) is 2. The fourth-order valence-electron chi connectivity index (χ4n) is 0.888. The van der Waals surface area contributed by atoms with E-state index in [4.69, 9.17) is 22.3 Å². The summed E-state index contributed by atoms with van der Waals surface area (Å²) >= 11 is 0. The van der Waals surface area contributed by atoms with Gasteiger partial charge in [0.1, 0.15) is 23.8 Å². The lowest BCUT2D eigenvalue weighted by molar-refractivity contribution is 0.680. The quantitative estimate of drug-likeness (QED) is 0.336. The Bertz CT molecular complexity index is 224. The Morgan fingerprint density at radius 3 is 1.17 bits per heavy atom. The Kier molecular flexibility index (Phi) is 28.4. The summed E-state index contributed by atoms with van der Waals surface area (Å²) in [5, 5.41) is 22.2. The average molecular weight is 344 g/mol. The molecular weight excluding hydrogens is 322 g/mol. The molecule has 0 amide bonds. The van der Waals surface area contributed by atoms with Crippen molar-refractivity contribution in [1.29, 1.82) is 10.8 Å². The van der Waals surface area contributed by atoms with Crippen LogP contribution in [-0.2, 0) is 0 Å². The van der Waals surface area contributed by atoms with E-state index in [9.17, 15) is 0 Å². The minimum absolute atomic E-state index is 0. The Labute approximate surface area is 132 Å². The van der Waals surface area contributed by atoms with Gasteiger partial charge in [0.2, 0.25) is 0 Å². The summed E-state index contributed by atoms with van der Waals surface area (Å²) in [5.41, 5.74) is 10.6. The fourth-order valence-corrected chi connectivity index (χ4v) is 0.888. The van der Waals surface area contributed by atoms with Crippen LogP contribution in [0.2, 0.25) is 0 Å². The van der Waals surface area contributed by atoms with Crippen molar-refractivity contribution in [2.24, 2.45) is 21.7 Å². The molecule has 0 bridgehead atoms. The van der Waals surface area contributed by atoms with E-state index in [1.165, 1.54) is 0 Å². The van der Waals surface area contributed by atoms with Gasteiger partial charge < -0.3 is 11.5 Å². The fraction of sp³-hybridized carbons (Fsp3) is 0.750. The van der Waals surface area contributed by atoms with Crippen LogP contribution in [0.1, 0.15) is 26.7 Å². The topological polar surface area (TPSA) is 124 Å². The predicted molar refractivity (Wildman–Crippen MR) is 85.8 cm³/mol. The summed E-state index contributed by atoms with van der Waals surface area (Å²) in [6.45, 7) is 3.75. The van der Waals surface area contributed by atoms with Crippen molar-refractivity contribution in [1.82, 2.24) is 0 Å². The molecule has 0 aliphatic heterocycles. The molecule has 112 valence electrons. The zero-order chi connectivity index (χ0) is 11.1. The number of amidine groups is 2. The molecule has 0 aliphatic rings. The number of halogens is 4. The van der Waals surface area contributed by atoms with Crippen LogP contribution in [0.15, 0.2) is 10.2 Å². The van der Waals surface area contributed by atoms with E-state index in [0.717, 1.165) is 0 Å². The Hall–Kier alpha value is -0.300. The van der Waals surface area contributed by atoms with Gasteiger partial charge in [0.25, 0.3) is 0 Å². The highest BCUT2D eigenvalue weighted by Crippen LogP contribution is 2.02. The largest absolute Gasteiger partial charge is 0.386 e. The molecule has 0 saturated carbocycles. The van der Waals surface area contributed by atoms with Crippen LogP contribution in [0.5, 0.6) is 0 Å². The molecule has 18 heavy (non-hydrogen) atoms. The van der Waals surface area contributed by atoms with Gasteiger partial charge in [-0.2, -0.15) is 10.2 Å². The number of nitrogens with two attached hydrogens (primary N) is 2. The van der Waals surface area contributed by atoms with Gasteiger partial charge >= 0.3 is 0 Å². The van der Waals surface area contributed by atoms with Crippen LogP contribution < -0.4 is 11.5 Å². The predicted octanol–water partition coefficient (Wildman–Crippen LogP) is 2.55. The van der Waals surface area contributed by atoms with Crippen molar-refractivity contribution in [2.45, 2.75) is 38.8 Å². The van der Waals surface area contributed by atoms with Gasteiger partial charge in [0.05, 0.1) is 0 Å². The second-order valence-electron chi connectivity index (χ2n) is 2.99. The molecule has 2 unspecified atom stereocenters. The van der Waals surface area contributed by atoms with Crippen molar-refractivity contribution < 1.29 is 0 Å². The lowest BCUT2D eigenvalue weighted by Crippen LogP contribution is -2.28. The minimum Gasteiger partial charge on any atom is -0.386 e. The number of nitrogens with one attached hydrogen (secondary N) is 2. The molecule has 0 saturated heterocycles. The zero-order valence-corrected chi connectivity index (χ0v) is 13.5. The SMILES string of the molecule is CCC(N=NC(CC)C(=N)N)C(=N)N.Cl.Cl.Cl.Cl. The summed E-state index contributed by atoms with van der Waals surface area (Å²) < 4.78 is 0. The van der Waals surface area contributed by atoms with Crippen LogP contribution in [-0.4, -0.2) is 23.8 Å². The molecule has 0 aromatic rings. The summed E-state index contributed by atoms with van der Waals surface area (Å²) in [6.07, 6.45) is 1.26. The van der Waals surface area contributed by atoms with Gasteiger partial charge in [0, 0.05) is 0 Å². The van der Waals surface area contributed by atoms with E-state index >= 15 is 0 Å². The molecule has 0 radical (unpaired) electrons. The highest BCUT2D eigenvalue weighted by Gasteiger charge is 2.11. The van der Waals surface area contributed by atoms with Crippen LogP contribution in [0.3, 0.4) is 0 Å². The Morgan fingerprint density at radius 2 is 1.06 bits per heavy atom. The van der Waals surface area contributed by atoms with E-state index < -0.39 is 0 Å². The lowest BCUT2D eigenvalue weighted by atomic mass is 10.2. The zero-order valence-electron chi connectivity index (χ0n) is 10.3. The van der Waals surface area contributed by atoms with E-state index in [0.29, 0.717) is 12.8 Å². The maximum Gasteiger partial charge on any atom is 0.127 e. The number of hydrogen-bond donors (Lipinski definition) is 4. The molecule has 10 heteroatoms. The summed E-state index contributed by atoms with van der Waals surface area (Å²) in [4.78, 5) is 0. The van der Waals surface area contributed by atoms with Gasteiger partial charge in [-0.05, 0) is 12.8 Å². The normalized spacial score (nSPS) is 11.9. The number of rotatable bonds is 6. The second-order valence-corrected chi connectivity index (χ2v) is 2.99. The molecule has 0 aromatic heterocycles. The highest BCUT2D eigenvalue weighted by atomic mass is 35.5. The Balaban J connectivity index is -0.000000141. The van der Waals surface area contributed by atoms with Crippen LogP contribution in [0.4, 0.5) is 0 Å². The van der Waals surface area contributed by atoms with Crippen molar-refractivity contribution in [3.8, 4) is 0 Å². The molecule has 0 aromatic carbocycles. The molecule has 0 rings (SSSR count). The van der Waals surface area contributed by atoms with E-state index in [1.54, 1.807) is 0 Å². The first-order chi connectivity index (χ1) is 6.52. The third-order valence-electron chi connectivity index (χ3n) is 1.84. The van der Waals surface area contributed by atoms with Gasteiger partial charge in [-0.1, -0.05) is 13.8 Å². The van der Waals surface area contributed by atoms with Crippen LogP contribution in [0, 0.1) is 10.8 Å². The molecule has 0 fully saturated rings. The van der Waals surface area contributed by atoms with Gasteiger partial charge in [0.15, 0.2) is 0 Å². The van der Waals surface area contributed by atoms with Crippen molar-refractivity contribution in [2.75, 3.05) is 0 Å². The highest BCUT2D eigenvalue weighted by molar-refractivity contribution is 5.86. The maximum atomic E-state index is 7.20. The van der Waals surface area contributed by atoms with Crippen molar-refractivity contribution in [3.05, 3.63) is 0 Å². The molecular formula is C8H22Cl4N6. The summed E-state index contributed by atoms with van der Waals surface area (Å²) in [6, 6.07) is -0.771. The smallest absolute Gasteiger partial charge is 0.127 e. The van der Waals surface area contributed by atoms with E-state index in [1.807, 2.05) is 13.8 Å². The second kappa shape index (κ2) is 16.7. The number of hydrogen-bond acceptors (Lipinski definition) is 4. The monoisotopic (exact) mass is 342 g/mol. The van der Waals surface area contributed by atoms with Gasteiger partial charge in [-0.25, -0.2) is 0 Å². The average Bonchev–Trinajstić information content (AvgIpc) is 2.11. The van der Waals surface area contributed by atoms with Gasteiger partial charge in [-0.15, -0.1) is 49.6 Å². The van der Waals surface area contributed by atoms with Gasteiger partial charge in [-0.3, -0.25) is 10.8 Å².